The summed E-state index contributed by atoms with van der Waals surface area (Å²) in [7, 11) is 0. The number of benzene rings is 2. The third-order valence-corrected chi connectivity index (χ3v) is 2.79. The van der Waals surface area contributed by atoms with Crippen LogP contribution in [-0.2, 0) is 0 Å². The molecule has 96 valence electrons. The summed E-state index contributed by atoms with van der Waals surface area (Å²) in [5, 5.41) is 8.50. The van der Waals surface area contributed by atoms with Gasteiger partial charge < -0.3 is 0 Å². The molecule has 0 N–H and O–H groups in total. The Labute approximate surface area is 106 Å². The van der Waals surface area contributed by atoms with Crippen LogP contribution in [0, 0.1) is 41.5 Å². The number of nitrogens with zero attached hydrogens (tertiary/aromatic N) is 1. The van der Waals surface area contributed by atoms with E-state index < -0.39 is 34.4 Å². The van der Waals surface area contributed by atoms with Crippen molar-refractivity contribution in [2.24, 2.45) is 0 Å². The van der Waals surface area contributed by atoms with Gasteiger partial charge in [0, 0.05) is 0 Å². The van der Waals surface area contributed by atoms with Gasteiger partial charge in [0.1, 0.15) is 11.6 Å². The third kappa shape index (κ3) is 1.95. The second-order valence-electron chi connectivity index (χ2n) is 3.93. The molecule has 19 heavy (non-hydrogen) atoms. The van der Waals surface area contributed by atoms with Crippen molar-refractivity contribution in [1.29, 1.82) is 5.26 Å². The minimum absolute atomic E-state index is 0.0415. The summed E-state index contributed by atoms with van der Waals surface area (Å²) in [5.41, 5.74) is -1.55. The largest absolute Gasteiger partial charge is 0.203 e. The number of aryl methyl sites for hydroxylation is 1. The highest BCUT2D eigenvalue weighted by atomic mass is 19.2. The Hall–Kier alpha value is -2.35. The molecule has 0 saturated heterocycles. The first-order valence-electron chi connectivity index (χ1n) is 5.31. The van der Waals surface area contributed by atoms with Gasteiger partial charge in [-0.05, 0) is 18.1 Å². The zero-order chi connectivity index (χ0) is 14.2. The number of halogens is 4. The zero-order valence-corrected chi connectivity index (χ0v) is 9.77. The summed E-state index contributed by atoms with van der Waals surface area (Å²) < 4.78 is 54.7. The lowest BCUT2D eigenvalue weighted by Crippen LogP contribution is -2.04. The molecule has 0 heterocycles. The second-order valence-corrected chi connectivity index (χ2v) is 3.93. The molecule has 0 aliphatic heterocycles. The van der Waals surface area contributed by atoms with Crippen molar-refractivity contribution in [2.45, 2.75) is 6.92 Å². The van der Waals surface area contributed by atoms with Crippen molar-refractivity contribution in [3.8, 4) is 17.2 Å². The maximum Gasteiger partial charge on any atom is 0.180 e. The van der Waals surface area contributed by atoms with Crippen LogP contribution in [0.1, 0.15) is 11.1 Å². The summed E-state index contributed by atoms with van der Waals surface area (Å²) in [5.74, 6) is -6.49. The molecule has 2 rings (SSSR count). The van der Waals surface area contributed by atoms with Gasteiger partial charge in [0.05, 0.1) is 5.56 Å². The van der Waals surface area contributed by atoms with Gasteiger partial charge in [0.25, 0.3) is 0 Å². The molecule has 0 spiro atoms. The third-order valence-electron chi connectivity index (χ3n) is 2.79. The van der Waals surface area contributed by atoms with E-state index in [1.165, 1.54) is 12.1 Å². The average molecular weight is 265 g/mol. The minimum Gasteiger partial charge on any atom is -0.203 e. The molecular weight excluding hydrogens is 258 g/mol. The standard InChI is InChI=1S/C14H7F4N/c1-7-4-2-3-5-8(7)10-13(17)11(15)9(6-19)12(16)14(10)18/h2-5H,1H3. The highest BCUT2D eigenvalue weighted by Gasteiger charge is 2.26. The fraction of sp³-hybridized carbons (Fsp3) is 0.0714. The highest BCUT2D eigenvalue weighted by molar-refractivity contribution is 5.69. The van der Waals surface area contributed by atoms with Crippen molar-refractivity contribution in [3.63, 3.8) is 0 Å². The minimum atomic E-state index is -1.68. The van der Waals surface area contributed by atoms with Gasteiger partial charge in [-0.1, -0.05) is 24.3 Å². The summed E-state index contributed by atoms with van der Waals surface area (Å²) in [4.78, 5) is 0. The molecule has 0 aromatic heterocycles. The molecule has 0 bridgehead atoms. The lowest BCUT2D eigenvalue weighted by Gasteiger charge is -2.10. The van der Waals surface area contributed by atoms with Crippen molar-refractivity contribution >= 4 is 0 Å². The molecular formula is C14H7F4N. The molecule has 0 amide bonds. The van der Waals surface area contributed by atoms with Crippen LogP contribution < -0.4 is 0 Å². The smallest absolute Gasteiger partial charge is 0.180 e. The van der Waals surface area contributed by atoms with Gasteiger partial charge in [-0.3, -0.25) is 0 Å². The van der Waals surface area contributed by atoms with Crippen molar-refractivity contribution in [1.82, 2.24) is 0 Å². The van der Waals surface area contributed by atoms with Crippen LogP contribution in [0.4, 0.5) is 17.6 Å². The van der Waals surface area contributed by atoms with E-state index in [0.717, 1.165) is 6.07 Å². The van der Waals surface area contributed by atoms with Crippen LogP contribution in [0.15, 0.2) is 24.3 Å². The topological polar surface area (TPSA) is 23.8 Å². The predicted octanol–water partition coefficient (Wildman–Crippen LogP) is 4.09. The van der Waals surface area contributed by atoms with Gasteiger partial charge in [-0.25, -0.2) is 17.6 Å². The summed E-state index contributed by atoms with van der Waals surface area (Å²) in [6.07, 6.45) is 0. The van der Waals surface area contributed by atoms with Crippen molar-refractivity contribution < 1.29 is 17.6 Å². The Morgan fingerprint density at radius 1 is 0.895 bits per heavy atom. The first kappa shape index (κ1) is 13.1. The molecule has 0 aliphatic rings. The molecule has 1 nitrogen and oxygen atoms in total. The number of nitriles is 1. The van der Waals surface area contributed by atoms with Gasteiger partial charge >= 0.3 is 0 Å². The Morgan fingerprint density at radius 3 is 1.89 bits per heavy atom. The van der Waals surface area contributed by atoms with E-state index in [1.54, 1.807) is 19.1 Å². The predicted molar refractivity (Wildman–Crippen MR) is 61.2 cm³/mol. The molecule has 2 aromatic carbocycles. The van der Waals surface area contributed by atoms with E-state index in [1.807, 2.05) is 0 Å². The summed E-state index contributed by atoms with van der Waals surface area (Å²) >= 11 is 0. The maximum absolute atomic E-state index is 13.8. The van der Waals surface area contributed by atoms with E-state index >= 15 is 0 Å². The fourth-order valence-electron chi connectivity index (χ4n) is 1.82. The molecule has 0 atom stereocenters. The average Bonchev–Trinajstić information content (AvgIpc) is 2.40. The first-order valence-corrected chi connectivity index (χ1v) is 5.31. The molecule has 2 aromatic rings. The van der Waals surface area contributed by atoms with E-state index in [-0.39, 0.29) is 5.56 Å². The molecule has 5 heteroatoms. The van der Waals surface area contributed by atoms with Gasteiger partial charge in [0.2, 0.25) is 0 Å². The molecule has 0 aliphatic carbocycles. The van der Waals surface area contributed by atoms with Crippen LogP contribution in [0.25, 0.3) is 11.1 Å². The zero-order valence-electron chi connectivity index (χ0n) is 9.77. The Balaban J connectivity index is 2.88. The monoisotopic (exact) mass is 265 g/mol. The molecule has 0 radical (unpaired) electrons. The van der Waals surface area contributed by atoms with E-state index in [2.05, 4.69) is 0 Å². The van der Waals surface area contributed by atoms with Crippen LogP contribution >= 0.6 is 0 Å². The van der Waals surface area contributed by atoms with Crippen LogP contribution in [0.2, 0.25) is 0 Å². The Morgan fingerprint density at radius 2 is 1.42 bits per heavy atom. The second kappa shape index (κ2) is 4.73. The maximum atomic E-state index is 13.8. The SMILES string of the molecule is Cc1ccccc1-c1c(F)c(F)c(C#N)c(F)c1F. The number of hydrogen-bond donors (Lipinski definition) is 0. The number of hydrogen-bond acceptors (Lipinski definition) is 1. The molecule has 0 saturated carbocycles. The molecule has 0 fully saturated rings. The first-order chi connectivity index (χ1) is 8.99. The normalized spacial score (nSPS) is 10.3. The lowest BCUT2D eigenvalue weighted by molar-refractivity contribution is 0.454. The van der Waals surface area contributed by atoms with Crippen LogP contribution in [0.3, 0.4) is 0 Å². The van der Waals surface area contributed by atoms with E-state index in [4.69, 9.17) is 5.26 Å². The van der Waals surface area contributed by atoms with E-state index in [9.17, 15) is 17.6 Å². The summed E-state index contributed by atoms with van der Waals surface area (Å²) in [6, 6.07) is 7.14. The Bertz CT molecular complexity index is 672. The molecule has 0 unspecified atom stereocenters. The number of rotatable bonds is 1. The van der Waals surface area contributed by atoms with Crippen LogP contribution in [0.5, 0.6) is 0 Å². The van der Waals surface area contributed by atoms with Gasteiger partial charge in [0.15, 0.2) is 23.3 Å². The van der Waals surface area contributed by atoms with Crippen LogP contribution in [-0.4, -0.2) is 0 Å². The quantitative estimate of drug-likeness (QED) is 0.562. The Kier molecular flexibility index (Phi) is 3.26. The lowest BCUT2D eigenvalue weighted by atomic mass is 9.97. The van der Waals surface area contributed by atoms with Gasteiger partial charge in [-0.2, -0.15) is 5.26 Å². The fourth-order valence-corrected chi connectivity index (χ4v) is 1.82. The summed E-state index contributed by atoms with van der Waals surface area (Å²) in [6.45, 7) is 1.56. The van der Waals surface area contributed by atoms with Crippen molar-refractivity contribution in [3.05, 3.63) is 58.7 Å². The van der Waals surface area contributed by atoms with Gasteiger partial charge in [-0.15, -0.1) is 0 Å². The van der Waals surface area contributed by atoms with Crippen molar-refractivity contribution in [2.75, 3.05) is 0 Å². The van der Waals surface area contributed by atoms with E-state index in [0.29, 0.717) is 5.56 Å². The highest BCUT2D eigenvalue weighted by Crippen LogP contribution is 2.33.